The highest BCUT2D eigenvalue weighted by Crippen LogP contribution is 2.67. The lowest BCUT2D eigenvalue weighted by Gasteiger charge is -2.58. The molecule has 0 aromatic heterocycles. The van der Waals surface area contributed by atoms with Gasteiger partial charge in [0.2, 0.25) is 5.91 Å². The van der Waals surface area contributed by atoms with Gasteiger partial charge >= 0.3 is 0 Å². The van der Waals surface area contributed by atoms with E-state index in [0.717, 1.165) is 43.4 Å². The summed E-state index contributed by atoms with van der Waals surface area (Å²) in [5, 5.41) is 19.0. The number of aliphatic hydroxyl groups excluding tert-OH is 1. The van der Waals surface area contributed by atoms with Gasteiger partial charge in [0.1, 0.15) is 0 Å². The molecule has 3 saturated carbocycles. The van der Waals surface area contributed by atoms with E-state index >= 15 is 0 Å². The highest BCUT2D eigenvalue weighted by Gasteiger charge is 2.59. The molecule has 3 N–H and O–H groups in total. The molecular weight excluding hydrogens is 350 g/mol. The predicted molar refractivity (Wildman–Crippen MR) is 110 cm³/mol. The van der Waals surface area contributed by atoms with Crippen LogP contribution in [-0.2, 0) is 4.79 Å². The van der Waals surface area contributed by atoms with Crippen LogP contribution in [0.4, 0.5) is 0 Å². The Labute approximate surface area is 170 Å². The zero-order chi connectivity index (χ0) is 20.1. The minimum Gasteiger partial charge on any atom is -0.393 e. The van der Waals surface area contributed by atoms with Crippen molar-refractivity contribution in [1.29, 1.82) is 0 Å². The van der Waals surface area contributed by atoms with Crippen molar-refractivity contribution in [1.82, 2.24) is 5.48 Å². The Kier molecular flexibility index (Phi) is 5.41. The topological polar surface area (TPSA) is 69.6 Å². The Bertz CT molecular complexity index is 646. The van der Waals surface area contributed by atoms with Gasteiger partial charge in [0, 0.05) is 6.42 Å². The van der Waals surface area contributed by atoms with Gasteiger partial charge in [0.05, 0.1) is 6.10 Å². The molecule has 0 aromatic carbocycles. The molecule has 3 fully saturated rings. The molecular formula is C24H39NO3. The van der Waals surface area contributed by atoms with E-state index in [1.807, 2.05) is 0 Å². The van der Waals surface area contributed by atoms with Crippen LogP contribution in [0.3, 0.4) is 0 Å². The van der Waals surface area contributed by atoms with Crippen molar-refractivity contribution in [3.05, 3.63) is 11.6 Å². The van der Waals surface area contributed by atoms with E-state index in [-0.39, 0.29) is 12.0 Å². The molecule has 158 valence electrons. The average molecular weight is 390 g/mol. The Morgan fingerprint density at radius 1 is 1.21 bits per heavy atom. The Balaban J connectivity index is 1.51. The van der Waals surface area contributed by atoms with Gasteiger partial charge in [-0.05, 0) is 98.2 Å². The first kappa shape index (κ1) is 20.4. The standard InChI is InChI=1S/C24H39NO3/c1-15(4-9-22(27)25-28)19-7-8-20-18-6-5-16-14-17(26)10-12-23(16,2)21(18)11-13-24(19,20)3/h5,15,17-21,26,28H,4,6-14H2,1-3H3,(H,25,27)/t15-,17+,18+,19-,20+,21+,23+,24-/m1/s1. The summed E-state index contributed by atoms with van der Waals surface area (Å²) in [6, 6.07) is 0. The van der Waals surface area contributed by atoms with Gasteiger partial charge in [-0.25, -0.2) is 5.48 Å². The second-order valence-electron chi connectivity index (χ2n) is 10.9. The van der Waals surface area contributed by atoms with Crippen molar-refractivity contribution in [3.63, 3.8) is 0 Å². The maximum atomic E-state index is 11.5. The summed E-state index contributed by atoms with van der Waals surface area (Å²) in [5.41, 5.74) is 4.04. The van der Waals surface area contributed by atoms with Gasteiger partial charge in [-0.2, -0.15) is 0 Å². The molecule has 0 saturated heterocycles. The van der Waals surface area contributed by atoms with Crippen molar-refractivity contribution in [2.75, 3.05) is 0 Å². The number of amides is 1. The van der Waals surface area contributed by atoms with E-state index in [4.69, 9.17) is 5.21 Å². The first-order valence-corrected chi connectivity index (χ1v) is 11.6. The smallest absolute Gasteiger partial charge is 0.243 e. The van der Waals surface area contributed by atoms with Crippen molar-refractivity contribution in [3.8, 4) is 0 Å². The highest BCUT2D eigenvalue weighted by molar-refractivity contribution is 5.74. The van der Waals surface area contributed by atoms with Crippen LogP contribution in [-0.4, -0.2) is 22.3 Å². The molecule has 0 heterocycles. The molecule has 0 unspecified atom stereocenters. The van der Waals surface area contributed by atoms with Gasteiger partial charge in [-0.1, -0.05) is 32.4 Å². The molecule has 4 heteroatoms. The number of hydrogen-bond acceptors (Lipinski definition) is 3. The van der Waals surface area contributed by atoms with Crippen LogP contribution in [0.5, 0.6) is 0 Å². The summed E-state index contributed by atoms with van der Waals surface area (Å²) in [6.07, 6.45) is 13.2. The van der Waals surface area contributed by atoms with Crippen LogP contribution in [0.25, 0.3) is 0 Å². The summed E-state index contributed by atoms with van der Waals surface area (Å²) in [6.45, 7) is 7.35. The number of nitrogens with one attached hydrogen (secondary N) is 1. The van der Waals surface area contributed by atoms with Gasteiger partial charge < -0.3 is 5.11 Å². The summed E-state index contributed by atoms with van der Waals surface area (Å²) < 4.78 is 0. The van der Waals surface area contributed by atoms with Gasteiger partial charge in [0.25, 0.3) is 0 Å². The Morgan fingerprint density at radius 3 is 2.75 bits per heavy atom. The molecule has 4 aliphatic carbocycles. The first-order chi connectivity index (χ1) is 13.3. The molecule has 0 spiro atoms. The van der Waals surface area contributed by atoms with Gasteiger partial charge in [-0.15, -0.1) is 0 Å². The minimum absolute atomic E-state index is 0.127. The molecule has 0 aliphatic heterocycles. The Hall–Kier alpha value is -0.870. The van der Waals surface area contributed by atoms with E-state index in [2.05, 4.69) is 26.8 Å². The molecule has 0 radical (unpaired) electrons. The molecule has 4 nitrogen and oxygen atoms in total. The van der Waals surface area contributed by atoms with E-state index in [9.17, 15) is 9.90 Å². The van der Waals surface area contributed by atoms with Crippen molar-refractivity contribution >= 4 is 5.91 Å². The molecule has 0 bridgehead atoms. The summed E-state index contributed by atoms with van der Waals surface area (Å²) >= 11 is 0. The van der Waals surface area contributed by atoms with Crippen LogP contribution >= 0.6 is 0 Å². The van der Waals surface area contributed by atoms with Gasteiger partial charge in [0.15, 0.2) is 0 Å². The molecule has 0 aromatic rings. The van der Waals surface area contributed by atoms with Crippen LogP contribution in [0.1, 0.15) is 85.0 Å². The monoisotopic (exact) mass is 389 g/mol. The fraction of sp³-hybridized carbons (Fsp3) is 0.875. The fourth-order valence-corrected chi connectivity index (χ4v) is 8.23. The zero-order valence-corrected chi connectivity index (χ0v) is 17.9. The fourth-order valence-electron chi connectivity index (χ4n) is 8.23. The van der Waals surface area contributed by atoms with Crippen molar-refractivity contribution < 1.29 is 15.1 Å². The third kappa shape index (κ3) is 3.15. The van der Waals surface area contributed by atoms with Crippen LogP contribution in [0, 0.1) is 40.4 Å². The number of carbonyl (C=O) groups is 1. The normalized spacial score (nSPS) is 46.0. The summed E-state index contributed by atoms with van der Waals surface area (Å²) in [7, 11) is 0. The summed E-state index contributed by atoms with van der Waals surface area (Å²) in [4.78, 5) is 11.5. The van der Waals surface area contributed by atoms with E-state index in [1.165, 1.54) is 32.1 Å². The number of fused-ring (bicyclic) bond motifs is 5. The molecule has 4 rings (SSSR count). The molecule has 1 amide bonds. The zero-order valence-electron chi connectivity index (χ0n) is 17.9. The number of aliphatic hydroxyl groups is 1. The number of hydrogen-bond donors (Lipinski definition) is 3. The van der Waals surface area contributed by atoms with Crippen LogP contribution in [0.2, 0.25) is 0 Å². The lowest BCUT2D eigenvalue weighted by atomic mass is 9.47. The number of carbonyl (C=O) groups excluding carboxylic acids is 1. The Morgan fingerprint density at radius 2 is 2.00 bits per heavy atom. The second-order valence-corrected chi connectivity index (χ2v) is 10.9. The SMILES string of the molecule is C[C@H](CCC(=O)NO)[C@H]1CC[C@H]2[C@@H]3CC=C4C[C@@H](O)CC[C@]4(C)[C@H]3CC[C@]12C. The van der Waals surface area contributed by atoms with E-state index in [0.29, 0.717) is 29.1 Å². The lowest BCUT2D eigenvalue weighted by molar-refractivity contribution is -0.129. The third-order valence-corrected chi connectivity index (χ3v) is 9.79. The van der Waals surface area contributed by atoms with Crippen LogP contribution < -0.4 is 5.48 Å². The maximum Gasteiger partial charge on any atom is 0.243 e. The number of allylic oxidation sites excluding steroid dienone is 1. The van der Waals surface area contributed by atoms with E-state index in [1.54, 1.807) is 11.1 Å². The second kappa shape index (κ2) is 7.43. The van der Waals surface area contributed by atoms with Crippen LogP contribution in [0.15, 0.2) is 11.6 Å². The maximum absolute atomic E-state index is 11.5. The first-order valence-electron chi connectivity index (χ1n) is 11.6. The largest absolute Gasteiger partial charge is 0.393 e. The predicted octanol–water partition coefficient (Wildman–Crippen LogP) is 4.85. The van der Waals surface area contributed by atoms with Crippen molar-refractivity contribution in [2.45, 2.75) is 91.1 Å². The van der Waals surface area contributed by atoms with E-state index < -0.39 is 0 Å². The minimum atomic E-state index is -0.257. The molecule has 8 atom stereocenters. The highest BCUT2D eigenvalue weighted by atomic mass is 16.5. The third-order valence-electron chi connectivity index (χ3n) is 9.79. The lowest BCUT2D eigenvalue weighted by Crippen LogP contribution is -2.50. The van der Waals surface area contributed by atoms with Gasteiger partial charge in [-0.3, -0.25) is 10.0 Å². The number of hydroxylamine groups is 1. The average Bonchev–Trinajstić information content (AvgIpc) is 3.03. The quantitative estimate of drug-likeness (QED) is 0.366. The van der Waals surface area contributed by atoms with Crippen molar-refractivity contribution in [2.24, 2.45) is 40.4 Å². The molecule has 28 heavy (non-hydrogen) atoms. The molecule has 4 aliphatic rings. The summed E-state index contributed by atoms with van der Waals surface area (Å²) in [5.74, 6) is 3.34. The number of rotatable bonds is 4.